The van der Waals surface area contributed by atoms with Gasteiger partial charge in [0.2, 0.25) is 0 Å². The van der Waals surface area contributed by atoms with Crippen molar-refractivity contribution in [1.82, 2.24) is 20.5 Å². The lowest BCUT2D eigenvalue weighted by atomic mass is 9.99. The van der Waals surface area contributed by atoms with Crippen LogP contribution in [0.2, 0.25) is 0 Å². The van der Waals surface area contributed by atoms with Gasteiger partial charge in [-0.2, -0.15) is 0 Å². The van der Waals surface area contributed by atoms with Gasteiger partial charge in [0.25, 0.3) is 0 Å². The van der Waals surface area contributed by atoms with Gasteiger partial charge in [-0.25, -0.2) is 4.98 Å². The molecule has 0 unspecified atom stereocenters. The average molecular weight is 474 g/mol. The summed E-state index contributed by atoms with van der Waals surface area (Å²) in [4.78, 5) is 13.5. The van der Waals surface area contributed by atoms with Crippen LogP contribution >= 0.6 is 24.0 Å². The first-order valence-corrected chi connectivity index (χ1v) is 9.38. The molecule has 0 bridgehead atoms. The van der Waals surface area contributed by atoms with E-state index in [-0.39, 0.29) is 24.0 Å². The molecule has 1 fully saturated rings. The smallest absolute Gasteiger partial charge is 0.191 e. The van der Waals surface area contributed by atoms with E-state index in [2.05, 4.69) is 32.4 Å². The normalized spacial score (nSPS) is 16.1. The molecular weight excluding hydrogens is 439 g/mol. The van der Waals surface area contributed by atoms with E-state index in [4.69, 9.17) is 0 Å². The molecule has 148 valence electrons. The van der Waals surface area contributed by atoms with Crippen molar-refractivity contribution in [2.75, 3.05) is 52.2 Å². The van der Waals surface area contributed by atoms with Crippen LogP contribution in [0, 0.1) is 5.92 Å². The highest BCUT2D eigenvalue weighted by Gasteiger charge is 2.14. The van der Waals surface area contributed by atoms with E-state index in [1.807, 2.05) is 44.2 Å². The van der Waals surface area contributed by atoms with Gasteiger partial charge in [0.1, 0.15) is 5.82 Å². The maximum absolute atomic E-state index is 4.62. The molecule has 0 radical (unpaired) electrons. The summed E-state index contributed by atoms with van der Waals surface area (Å²) < 4.78 is 0. The van der Waals surface area contributed by atoms with E-state index < -0.39 is 0 Å². The van der Waals surface area contributed by atoms with Crippen molar-refractivity contribution in [3.63, 3.8) is 0 Å². The number of hydrogen-bond donors (Lipinski definition) is 2. The average Bonchev–Trinajstić information content (AvgIpc) is 2.63. The molecule has 0 aliphatic carbocycles. The van der Waals surface area contributed by atoms with Gasteiger partial charge in [0.15, 0.2) is 5.96 Å². The summed E-state index contributed by atoms with van der Waals surface area (Å²) in [6.07, 6.45) is 3.83. The first-order chi connectivity index (χ1) is 12.1. The molecule has 1 aromatic heterocycles. The molecule has 1 aliphatic rings. The SMILES string of the molecule is CN=C(NCCCN1CCC(C)CC1)NCc1cccc(N(C)C)n1.I. The van der Waals surface area contributed by atoms with E-state index in [0.29, 0.717) is 6.54 Å². The zero-order valence-electron chi connectivity index (χ0n) is 16.7. The number of piperidine rings is 1. The molecule has 2 heterocycles. The summed E-state index contributed by atoms with van der Waals surface area (Å²) in [6, 6.07) is 6.08. The van der Waals surface area contributed by atoms with E-state index >= 15 is 0 Å². The van der Waals surface area contributed by atoms with Gasteiger partial charge in [-0.3, -0.25) is 4.99 Å². The summed E-state index contributed by atoms with van der Waals surface area (Å²) in [6.45, 7) is 7.65. The lowest BCUT2D eigenvalue weighted by molar-refractivity contribution is 0.191. The topological polar surface area (TPSA) is 55.8 Å². The van der Waals surface area contributed by atoms with Crippen molar-refractivity contribution in [2.24, 2.45) is 10.9 Å². The van der Waals surface area contributed by atoms with Crippen molar-refractivity contribution in [3.8, 4) is 0 Å². The molecule has 0 atom stereocenters. The molecule has 7 heteroatoms. The Hall–Kier alpha value is -1.09. The third-order valence-corrected chi connectivity index (χ3v) is 4.73. The second kappa shape index (κ2) is 12.3. The van der Waals surface area contributed by atoms with Crippen molar-refractivity contribution in [3.05, 3.63) is 23.9 Å². The third-order valence-electron chi connectivity index (χ3n) is 4.73. The van der Waals surface area contributed by atoms with Crippen LogP contribution in [-0.4, -0.2) is 63.2 Å². The predicted octanol–water partition coefficient (Wildman–Crippen LogP) is 2.55. The maximum atomic E-state index is 4.62. The number of rotatable bonds is 7. The summed E-state index contributed by atoms with van der Waals surface area (Å²) in [7, 11) is 5.82. The van der Waals surface area contributed by atoms with E-state index in [0.717, 1.165) is 36.4 Å². The van der Waals surface area contributed by atoms with Gasteiger partial charge in [-0.15, -0.1) is 24.0 Å². The Balaban J connectivity index is 0.00000338. The van der Waals surface area contributed by atoms with Gasteiger partial charge >= 0.3 is 0 Å². The Bertz CT molecular complexity index is 541. The van der Waals surface area contributed by atoms with Crippen LogP contribution in [0.15, 0.2) is 23.2 Å². The molecule has 6 nitrogen and oxygen atoms in total. The highest BCUT2D eigenvalue weighted by Crippen LogP contribution is 2.15. The number of nitrogens with one attached hydrogen (secondary N) is 2. The monoisotopic (exact) mass is 474 g/mol. The molecule has 0 saturated carbocycles. The van der Waals surface area contributed by atoms with E-state index in [1.165, 1.54) is 32.5 Å². The summed E-state index contributed by atoms with van der Waals surface area (Å²) in [5.74, 6) is 2.71. The Morgan fingerprint density at radius 3 is 2.65 bits per heavy atom. The highest BCUT2D eigenvalue weighted by molar-refractivity contribution is 14.0. The molecule has 1 aromatic rings. The Morgan fingerprint density at radius 2 is 2.00 bits per heavy atom. The predicted molar refractivity (Wildman–Crippen MR) is 122 cm³/mol. The van der Waals surface area contributed by atoms with Crippen molar-refractivity contribution >= 4 is 35.8 Å². The molecule has 26 heavy (non-hydrogen) atoms. The fourth-order valence-corrected chi connectivity index (χ4v) is 3.00. The van der Waals surface area contributed by atoms with Gasteiger partial charge in [-0.05, 0) is 56.9 Å². The molecule has 0 amide bonds. The molecule has 0 aromatic carbocycles. The van der Waals surface area contributed by atoms with Crippen LogP contribution in [0.4, 0.5) is 5.82 Å². The Kier molecular flexibility index (Phi) is 10.9. The highest BCUT2D eigenvalue weighted by atomic mass is 127. The minimum absolute atomic E-state index is 0. The molecule has 2 N–H and O–H groups in total. The van der Waals surface area contributed by atoms with Crippen LogP contribution in [0.1, 0.15) is 31.9 Å². The number of nitrogens with zero attached hydrogens (tertiary/aromatic N) is 4. The Labute approximate surface area is 175 Å². The van der Waals surface area contributed by atoms with E-state index in [9.17, 15) is 0 Å². The number of guanidine groups is 1. The van der Waals surface area contributed by atoms with Gasteiger partial charge < -0.3 is 20.4 Å². The van der Waals surface area contributed by atoms with Crippen LogP contribution in [0.5, 0.6) is 0 Å². The van der Waals surface area contributed by atoms with Crippen LogP contribution in [0.3, 0.4) is 0 Å². The molecule has 0 spiro atoms. The first kappa shape index (κ1) is 23.0. The summed E-state index contributed by atoms with van der Waals surface area (Å²) in [5, 5.41) is 6.74. The number of anilines is 1. The minimum Gasteiger partial charge on any atom is -0.363 e. The third kappa shape index (κ3) is 8.07. The van der Waals surface area contributed by atoms with Crippen molar-refractivity contribution in [2.45, 2.75) is 32.7 Å². The summed E-state index contributed by atoms with van der Waals surface area (Å²) in [5.41, 5.74) is 1.01. The fourth-order valence-electron chi connectivity index (χ4n) is 3.00. The number of pyridine rings is 1. The second-order valence-electron chi connectivity index (χ2n) is 7.11. The minimum atomic E-state index is 0. The second-order valence-corrected chi connectivity index (χ2v) is 7.11. The van der Waals surface area contributed by atoms with E-state index in [1.54, 1.807) is 0 Å². The molecule has 1 saturated heterocycles. The molecular formula is C19H35IN6. The fraction of sp³-hybridized carbons (Fsp3) is 0.684. The van der Waals surface area contributed by atoms with Crippen LogP contribution in [-0.2, 0) is 6.54 Å². The summed E-state index contributed by atoms with van der Waals surface area (Å²) >= 11 is 0. The van der Waals surface area contributed by atoms with Gasteiger partial charge in [0, 0.05) is 27.7 Å². The van der Waals surface area contributed by atoms with Crippen molar-refractivity contribution in [1.29, 1.82) is 0 Å². The number of aromatic nitrogens is 1. The standard InChI is InChI=1S/C19H34N6.HI/c1-16-9-13-25(14-10-16)12-6-11-21-19(20-2)22-15-17-7-5-8-18(23-17)24(3)4;/h5,7-8,16H,6,9-15H2,1-4H3,(H2,20,21,22);1H. The lowest BCUT2D eigenvalue weighted by Crippen LogP contribution is -2.39. The lowest BCUT2D eigenvalue weighted by Gasteiger charge is -2.30. The number of halogens is 1. The zero-order chi connectivity index (χ0) is 18.1. The quantitative estimate of drug-likeness (QED) is 0.276. The van der Waals surface area contributed by atoms with Gasteiger partial charge in [-0.1, -0.05) is 13.0 Å². The molecule has 1 aliphatic heterocycles. The van der Waals surface area contributed by atoms with Crippen LogP contribution in [0.25, 0.3) is 0 Å². The van der Waals surface area contributed by atoms with Crippen LogP contribution < -0.4 is 15.5 Å². The Morgan fingerprint density at radius 1 is 1.27 bits per heavy atom. The number of aliphatic imine (C=N–C) groups is 1. The maximum Gasteiger partial charge on any atom is 0.191 e. The largest absolute Gasteiger partial charge is 0.363 e. The molecule has 2 rings (SSSR count). The first-order valence-electron chi connectivity index (χ1n) is 9.38. The van der Waals surface area contributed by atoms with Gasteiger partial charge in [0.05, 0.1) is 12.2 Å². The van der Waals surface area contributed by atoms with Crippen molar-refractivity contribution < 1.29 is 0 Å². The number of hydrogen-bond acceptors (Lipinski definition) is 4. The number of likely N-dealkylation sites (tertiary alicyclic amines) is 1. The zero-order valence-corrected chi connectivity index (χ0v) is 19.0.